The summed E-state index contributed by atoms with van der Waals surface area (Å²) in [6.45, 7) is 2.89. The summed E-state index contributed by atoms with van der Waals surface area (Å²) in [5, 5.41) is 7.46. The highest BCUT2D eigenvalue weighted by Crippen LogP contribution is 2.29. The molecular formula is C22H23ClN5O5+. The molecule has 2 heterocycles. The van der Waals surface area contributed by atoms with Gasteiger partial charge in [0.25, 0.3) is 18.7 Å². The first-order valence-electron chi connectivity index (χ1n) is 10.4. The lowest BCUT2D eigenvalue weighted by Crippen LogP contribution is -2.52. The zero-order valence-corrected chi connectivity index (χ0v) is 18.9. The number of nitrogens with one attached hydrogen (secondary N) is 1. The van der Waals surface area contributed by atoms with E-state index in [0.717, 1.165) is 16.1 Å². The van der Waals surface area contributed by atoms with Crippen LogP contribution in [0.3, 0.4) is 0 Å². The van der Waals surface area contributed by atoms with Crippen molar-refractivity contribution >= 4 is 40.7 Å². The van der Waals surface area contributed by atoms with Crippen molar-refractivity contribution in [1.29, 1.82) is 0 Å². The van der Waals surface area contributed by atoms with Gasteiger partial charge >= 0.3 is 11.8 Å². The van der Waals surface area contributed by atoms with Gasteiger partial charge in [-0.1, -0.05) is 11.6 Å². The van der Waals surface area contributed by atoms with E-state index < -0.39 is 30.6 Å². The molecule has 1 fully saturated rings. The number of hydrogen-bond acceptors (Lipinski definition) is 7. The number of carbonyl (C=O) groups excluding carboxylic acids is 3. The van der Waals surface area contributed by atoms with Crippen LogP contribution in [0.5, 0.6) is 11.5 Å². The number of azo groups is 2. The van der Waals surface area contributed by atoms with E-state index in [9.17, 15) is 14.4 Å². The normalized spacial score (nSPS) is 17.5. The first-order chi connectivity index (χ1) is 15.9. The second-order valence-corrected chi connectivity index (χ2v) is 7.77. The molecule has 1 atom stereocenters. The Kier molecular flexibility index (Phi) is 6.45. The number of hydrogen-bond donors (Lipinski definition) is 1. The molecule has 10 nitrogen and oxygen atoms in total. The average Bonchev–Trinajstić information content (AvgIpc) is 3.22. The van der Waals surface area contributed by atoms with Crippen LogP contribution in [0.15, 0.2) is 47.6 Å². The van der Waals surface area contributed by atoms with Crippen molar-refractivity contribution in [3.63, 3.8) is 0 Å². The van der Waals surface area contributed by atoms with Crippen molar-refractivity contribution in [1.82, 2.24) is 4.90 Å². The standard InChI is InChI=1S/C22H22ClN5O5/c1-3-33-16-7-5-15(6-8-16)26-10-11-27-20(30)21(31)28(25-22(26)27)13-19(29)24-17-12-14(23)4-9-18(17)32-2/h4-9,12,22H,3,10-11,13H2,1-2H3/p+1. The number of fused-ring (bicyclic) bond motifs is 1. The molecule has 0 aromatic heterocycles. The molecular weight excluding hydrogens is 450 g/mol. The number of carbonyl (C=O) groups is 3. The smallest absolute Gasteiger partial charge is 0.495 e. The summed E-state index contributed by atoms with van der Waals surface area (Å²) in [6, 6.07) is 12.2. The third-order valence-corrected chi connectivity index (χ3v) is 5.50. The fourth-order valence-corrected chi connectivity index (χ4v) is 3.91. The molecule has 3 amide bonds. The van der Waals surface area contributed by atoms with Gasteiger partial charge in [0, 0.05) is 28.9 Å². The summed E-state index contributed by atoms with van der Waals surface area (Å²) >= 11 is 6.00. The molecule has 4 rings (SSSR count). The van der Waals surface area contributed by atoms with Gasteiger partial charge in [0.1, 0.15) is 11.5 Å². The summed E-state index contributed by atoms with van der Waals surface area (Å²) in [6.07, 6.45) is -0.721. The zero-order chi connectivity index (χ0) is 23.5. The Labute approximate surface area is 195 Å². The molecule has 172 valence electrons. The maximum Gasteiger partial charge on any atom is 0.502 e. The molecule has 33 heavy (non-hydrogen) atoms. The van der Waals surface area contributed by atoms with Crippen LogP contribution >= 0.6 is 11.6 Å². The van der Waals surface area contributed by atoms with E-state index in [2.05, 4.69) is 10.4 Å². The van der Waals surface area contributed by atoms with Crippen LogP contribution in [0.4, 0.5) is 11.4 Å². The van der Waals surface area contributed by atoms with Crippen LogP contribution in [0.25, 0.3) is 0 Å². The molecule has 1 saturated heterocycles. The molecule has 2 aliphatic heterocycles. The minimum atomic E-state index is -0.854. The summed E-state index contributed by atoms with van der Waals surface area (Å²) in [7, 11) is 1.46. The van der Waals surface area contributed by atoms with Crippen LogP contribution in [-0.4, -0.2) is 67.0 Å². The Morgan fingerprint density at radius 3 is 2.61 bits per heavy atom. The van der Waals surface area contributed by atoms with Gasteiger partial charge < -0.3 is 19.7 Å². The first kappa shape index (κ1) is 22.5. The van der Waals surface area contributed by atoms with E-state index in [1.54, 1.807) is 12.1 Å². The van der Waals surface area contributed by atoms with E-state index in [0.29, 0.717) is 36.2 Å². The first-order valence-corrected chi connectivity index (χ1v) is 10.7. The summed E-state index contributed by atoms with van der Waals surface area (Å²) < 4.78 is 11.6. The summed E-state index contributed by atoms with van der Waals surface area (Å²) in [5.74, 6) is -0.947. The predicted octanol–water partition coefficient (Wildman–Crippen LogP) is 2.32. The lowest BCUT2D eigenvalue weighted by molar-refractivity contribution is -0.509. The highest BCUT2D eigenvalue weighted by Gasteiger charge is 2.49. The quantitative estimate of drug-likeness (QED) is 0.490. The number of benzene rings is 2. The molecule has 0 bridgehead atoms. The molecule has 0 spiro atoms. The third-order valence-electron chi connectivity index (χ3n) is 5.27. The highest BCUT2D eigenvalue weighted by molar-refractivity contribution is 6.32. The van der Waals surface area contributed by atoms with Gasteiger partial charge in [-0.25, -0.2) is 4.79 Å². The van der Waals surface area contributed by atoms with Gasteiger partial charge in [-0.15, -0.1) is 0 Å². The number of anilines is 2. The minimum Gasteiger partial charge on any atom is -0.495 e. The van der Waals surface area contributed by atoms with Crippen molar-refractivity contribution in [3.05, 3.63) is 47.5 Å². The number of halogens is 1. The second-order valence-electron chi connectivity index (χ2n) is 7.34. The molecule has 2 aromatic carbocycles. The SMILES string of the molecule is CCOc1ccc(N2CCN3C(=O)C(=O)[N+](CC(=O)Nc4cc(Cl)ccc4OC)=NC32)cc1. The van der Waals surface area contributed by atoms with Crippen LogP contribution in [0.1, 0.15) is 6.92 Å². The van der Waals surface area contributed by atoms with Gasteiger partial charge in [0.15, 0.2) is 0 Å². The van der Waals surface area contributed by atoms with Crippen molar-refractivity contribution in [2.75, 3.05) is 43.6 Å². The van der Waals surface area contributed by atoms with Crippen LogP contribution in [0, 0.1) is 0 Å². The number of rotatable bonds is 7. The molecule has 2 aliphatic rings. The Morgan fingerprint density at radius 1 is 1.18 bits per heavy atom. The van der Waals surface area contributed by atoms with E-state index in [1.807, 2.05) is 36.1 Å². The monoisotopic (exact) mass is 472 g/mol. The fraction of sp³-hybridized carbons (Fsp3) is 0.318. The average molecular weight is 473 g/mol. The largest absolute Gasteiger partial charge is 0.502 e. The van der Waals surface area contributed by atoms with Gasteiger partial charge in [-0.05, 0) is 54.1 Å². The predicted molar refractivity (Wildman–Crippen MR) is 120 cm³/mol. The zero-order valence-electron chi connectivity index (χ0n) is 18.2. The maximum absolute atomic E-state index is 12.7. The van der Waals surface area contributed by atoms with Gasteiger partial charge in [-0.3, -0.25) is 14.5 Å². The highest BCUT2D eigenvalue weighted by atomic mass is 35.5. The maximum atomic E-state index is 12.7. The van der Waals surface area contributed by atoms with Gasteiger partial charge in [0.2, 0.25) is 0 Å². The van der Waals surface area contributed by atoms with E-state index in [4.69, 9.17) is 21.1 Å². The Hall–Kier alpha value is -3.66. The number of amides is 3. The Morgan fingerprint density at radius 2 is 1.91 bits per heavy atom. The summed E-state index contributed by atoms with van der Waals surface area (Å²) in [4.78, 5) is 41.2. The molecule has 1 N–H and O–H groups in total. The number of nitrogens with zero attached hydrogens (tertiary/aromatic N) is 4. The Balaban J connectivity index is 1.54. The van der Waals surface area contributed by atoms with Crippen LogP contribution in [-0.2, 0) is 14.4 Å². The number of methoxy groups -OCH3 is 1. The molecule has 0 saturated carbocycles. The van der Waals surface area contributed by atoms with E-state index >= 15 is 0 Å². The fourth-order valence-electron chi connectivity index (χ4n) is 3.74. The van der Waals surface area contributed by atoms with Gasteiger partial charge in [-0.2, -0.15) is 0 Å². The molecule has 1 unspecified atom stereocenters. The lowest BCUT2D eigenvalue weighted by Gasteiger charge is -2.27. The molecule has 0 aliphatic carbocycles. The lowest BCUT2D eigenvalue weighted by atomic mass is 10.3. The summed E-state index contributed by atoms with van der Waals surface area (Å²) in [5.41, 5.74) is 1.18. The van der Waals surface area contributed by atoms with Gasteiger partial charge in [0.05, 0.1) is 19.4 Å². The van der Waals surface area contributed by atoms with Crippen LogP contribution < -0.4 is 19.7 Å². The molecule has 0 radical (unpaired) electrons. The van der Waals surface area contributed by atoms with E-state index in [-0.39, 0.29) is 0 Å². The second kappa shape index (κ2) is 9.45. The topological polar surface area (TPSA) is 104 Å². The Bertz CT molecular complexity index is 1120. The molecule has 2 aromatic rings. The van der Waals surface area contributed by atoms with Crippen molar-refractivity contribution in [2.45, 2.75) is 13.2 Å². The van der Waals surface area contributed by atoms with E-state index in [1.165, 1.54) is 18.1 Å². The molecule has 11 heteroatoms. The minimum absolute atomic E-state index is 0.351. The van der Waals surface area contributed by atoms with Crippen molar-refractivity contribution in [2.24, 2.45) is 5.11 Å². The number of ether oxygens (including phenoxy) is 2. The third kappa shape index (κ3) is 4.61. The van der Waals surface area contributed by atoms with Crippen LogP contribution in [0.2, 0.25) is 5.02 Å². The van der Waals surface area contributed by atoms with Crippen molar-refractivity contribution < 1.29 is 28.6 Å². The van der Waals surface area contributed by atoms with Crippen molar-refractivity contribution in [3.8, 4) is 11.5 Å².